The van der Waals surface area contributed by atoms with Gasteiger partial charge in [-0.2, -0.15) is 0 Å². The summed E-state index contributed by atoms with van der Waals surface area (Å²) in [4.78, 5) is 0. The minimum Gasteiger partial charge on any atom is -0.355 e. The van der Waals surface area contributed by atoms with Crippen molar-refractivity contribution in [3.8, 4) is 0 Å². The van der Waals surface area contributed by atoms with Crippen LogP contribution < -0.4 is 10.6 Å². The van der Waals surface area contributed by atoms with E-state index in [1.54, 1.807) is 0 Å². The molecule has 0 spiro atoms. The van der Waals surface area contributed by atoms with Crippen molar-refractivity contribution in [2.45, 2.75) is 33.7 Å². The maximum Gasteiger partial charge on any atom is 0.171 e. The van der Waals surface area contributed by atoms with Crippen molar-refractivity contribution in [2.75, 3.05) is 5.32 Å². The van der Waals surface area contributed by atoms with Gasteiger partial charge in [-0.1, -0.05) is 37.6 Å². The summed E-state index contributed by atoms with van der Waals surface area (Å²) in [5.74, 6) is -1.01. The van der Waals surface area contributed by atoms with Crippen LogP contribution in [0.1, 0.15) is 36.6 Å². The number of hydrogen-bond acceptors (Lipinski definition) is 1. The summed E-state index contributed by atoms with van der Waals surface area (Å²) in [6.45, 7) is 8.31. The second-order valence-electron chi connectivity index (χ2n) is 6.30. The van der Waals surface area contributed by atoms with Crippen LogP contribution in [-0.4, -0.2) is 5.11 Å². The smallest absolute Gasteiger partial charge is 0.171 e. The number of anilines is 1. The number of halogens is 2. The van der Waals surface area contributed by atoms with Crippen molar-refractivity contribution >= 4 is 23.0 Å². The van der Waals surface area contributed by atoms with Crippen LogP contribution in [-0.2, 0) is 0 Å². The molecular formula is C19H22F2N2S. The average Bonchev–Trinajstić information content (AvgIpc) is 2.48. The predicted molar refractivity (Wildman–Crippen MR) is 99.2 cm³/mol. The number of rotatable bonds is 4. The lowest BCUT2D eigenvalue weighted by Crippen LogP contribution is -2.35. The zero-order valence-corrected chi connectivity index (χ0v) is 15.1. The average molecular weight is 348 g/mol. The van der Waals surface area contributed by atoms with Crippen molar-refractivity contribution < 1.29 is 8.78 Å². The Morgan fingerprint density at radius 3 is 2.33 bits per heavy atom. The number of hydrogen-bond donors (Lipinski definition) is 2. The van der Waals surface area contributed by atoms with Gasteiger partial charge in [0, 0.05) is 6.07 Å². The molecule has 0 bridgehead atoms. The van der Waals surface area contributed by atoms with Gasteiger partial charge in [0.15, 0.2) is 5.11 Å². The lowest BCUT2D eigenvalue weighted by Gasteiger charge is -2.26. The van der Waals surface area contributed by atoms with Gasteiger partial charge in [-0.25, -0.2) is 8.78 Å². The topological polar surface area (TPSA) is 24.1 Å². The molecule has 2 N–H and O–H groups in total. The largest absolute Gasteiger partial charge is 0.355 e. The van der Waals surface area contributed by atoms with E-state index in [0.29, 0.717) is 5.11 Å². The van der Waals surface area contributed by atoms with E-state index in [9.17, 15) is 8.78 Å². The Morgan fingerprint density at radius 2 is 1.75 bits per heavy atom. The molecular weight excluding hydrogens is 326 g/mol. The van der Waals surface area contributed by atoms with E-state index in [0.717, 1.165) is 11.6 Å². The van der Waals surface area contributed by atoms with Crippen molar-refractivity contribution in [3.63, 3.8) is 0 Å². The third-order valence-electron chi connectivity index (χ3n) is 3.89. The predicted octanol–water partition coefficient (Wildman–Crippen LogP) is 5.27. The van der Waals surface area contributed by atoms with E-state index in [1.165, 1.54) is 23.3 Å². The number of aryl methyl sites for hydroxylation is 2. The lowest BCUT2D eigenvalue weighted by molar-refractivity contribution is 0.471. The number of thiocarbonyl (C=S) groups is 1. The van der Waals surface area contributed by atoms with E-state index < -0.39 is 11.6 Å². The van der Waals surface area contributed by atoms with Crippen molar-refractivity contribution in [3.05, 3.63) is 64.7 Å². The van der Waals surface area contributed by atoms with Crippen LogP contribution in [0.5, 0.6) is 0 Å². The summed E-state index contributed by atoms with van der Waals surface area (Å²) in [5, 5.41) is 6.35. The maximum absolute atomic E-state index is 13.7. The van der Waals surface area contributed by atoms with Crippen LogP contribution in [0.2, 0.25) is 0 Å². The van der Waals surface area contributed by atoms with E-state index in [4.69, 9.17) is 12.2 Å². The molecule has 2 aromatic carbocycles. The van der Waals surface area contributed by atoms with Crippen LogP contribution in [0.25, 0.3) is 0 Å². The molecule has 0 aliphatic carbocycles. The number of nitrogens with one attached hydrogen (secondary N) is 2. The van der Waals surface area contributed by atoms with Gasteiger partial charge in [-0.05, 0) is 55.2 Å². The molecule has 0 aliphatic rings. The molecule has 1 atom stereocenters. The van der Waals surface area contributed by atoms with Crippen LogP contribution in [0, 0.1) is 31.4 Å². The van der Waals surface area contributed by atoms with E-state index >= 15 is 0 Å². The van der Waals surface area contributed by atoms with Gasteiger partial charge in [0.25, 0.3) is 0 Å². The fourth-order valence-electron chi connectivity index (χ4n) is 2.67. The van der Waals surface area contributed by atoms with Gasteiger partial charge in [-0.3, -0.25) is 0 Å². The van der Waals surface area contributed by atoms with Crippen molar-refractivity contribution in [2.24, 2.45) is 5.92 Å². The first-order valence-corrected chi connectivity index (χ1v) is 8.28. The molecule has 128 valence electrons. The molecule has 0 radical (unpaired) electrons. The molecule has 0 saturated carbocycles. The second kappa shape index (κ2) is 7.71. The Balaban J connectivity index is 2.17. The monoisotopic (exact) mass is 348 g/mol. The molecule has 2 nitrogen and oxygen atoms in total. The van der Waals surface area contributed by atoms with Gasteiger partial charge in [0.1, 0.15) is 11.6 Å². The van der Waals surface area contributed by atoms with E-state index in [-0.39, 0.29) is 17.6 Å². The standard InChI is InChI=1S/C19H22F2N2S/c1-11(2)18(15-7-5-12(3)9-13(15)4)23-19(24)22-17-8-6-14(20)10-16(17)21/h5-11,18H,1-4H3,(H2,22,23,24)/t18-/m0/s1. The van der Waals surface area contributed by atoms with E-state index in [1.807, 2.05) is 0 Å². The number of benzene rings is 2. The summed E-state index contributed by atoms with van der Waals surface area (Å²) in [7, 11) is 0. The molecule has 0 unspecified atom stereocenters. The molecule has 0 aliphatic heterocycles. The molecule has 2 aromatic rings. The van der Waals surface area contributed by atoms with Gasteiger partial charge >= 0.3 is 0 Å². The van der Waals surface area contributed by atoms with Crippen molar-refractivity contribution in [1.29, 1.82) is 0 Å². The highest BCUT2D eigenvalue weighted by atomic mass is 32.1. The lowest BCUT2D eigenvalue weighted by atomic mass is 9.92. The van der Waals surface area contributed by atoms with Gasteiger partial charge in [-0.15, -0.1) is 0 Å². The minimum atomic E-state index is -0.674. The van der Waals surface area contributed by atoms with Gasteiger partial charge in [0.05, 0.1) is 11.7 Å². The second-order valence-corrected chi connectivity index (χ2v) is 6.71. The third kappa shape index (κ3) is 4.51. The fourth-order valence-corrected chi connectivity index (χ4v) is 2.91. The molecule has 24 heavy (non-hydrogen) atoms. The SMILES string of the molecule is Cc1ccc([C@@H](NC(=S)Nc2ccc(F)cc2F)C(C)C)c(C)c1. The molecule has 2 rings (SSSR count). The highest BCUT2D eigenvalue weighted by Gasteiger charge is 2.19. The van der Waals surface area contributed by atoms with Crippen LogP contribution >= 0.6 is 12.2 Å². The Hall–Kier alpha value is -2.01. The maximum atomic E-state index is 13.7. The Kier molecular flexibility index (Phi) is 5.89. The molecule has 5 heteroatoms. The summed E-state index contributed by atoms with van der Waals surface area (Å²) in [6.07, 6.45) is 0. The Morgan fingerprint density at radius 1 is 1.04 bits per heavy atom. The Bertz CT molecular complexity index is 744. The van der Waals surface area contributed by atoms with Gasteiger partial charge < -0.3 is 10.6 Å². The Labute approximate surface area is 147 Å². The van der Waals surface area contributed by atoms with E-state index in [2.05, 4.69) is 56.5 Å². The first-order valence-electron chi connectivity index (χ1n) is 7.87. The molecule has 0 saturated heterocycles. The first kappa shape index (κ1) is 18.3. The zero-order chi connectivity index (χ0) is 17.9. The fraction of sp³-hybridized carbons (Fsp3) is 0.316. The summed E-state index contributed by atoms with van der Waals surface area (Å²) < 4.78 is 26.7. The summed E-state index contributed by atoms with van der Waals surface area (Å²) >= 11 is 5.31. The first-order chi connectivity index (χ1) is 11.3. The minimum absolute atomic E-state index is 0.00545. The quantitative estimate of drug-likeness (QED) is 0.737. The van der Waals surface area contributed by atoms with Crippen LogP contribution in [0.3, 0.4) is 0 Å². The van der Waals surface area contributed by atoms with Crippen LogP contribution in [0.15, 0.2) is 36.4 Å². The third-order valence-corrected chi connectivity index (χ3v) is 4.11. The summed E-state index contributed by atoms with van der Waals surface area (Å²) in [6, 6.07) is 9.63. The normalized spacial score (nSPS) is 12.1. The van der Waals surface area contributed by atoms with Gasteiger partial charge in [0.2, 0.25) is 0 Å². The zero-order valence-electron chi connectivity index (χ0n) is 14.3. The highest BCUT2D eigenvalue weighted by Crippen LogP contribution is 2.26. The molecule has 0 aromatic heterocycles. The van der Waals surface area contributed by atoms with Crippen LogP contribution in [0.4, 0.5) is 14.5 Å². The molecule has 0 amide bonds. The molecule has 0 fully saturated rings. The molecule has 0 heterocycles. The highest BCUT2D eigenvalue weighted by molar-refractivity contribution is 7.80. The summed E-state index contributed by atoms with van der Waals surface area (Å²) in [5.41, 5.74) is 3.68. The van der Waals surface area contributed by atoms with Crippen molar-refractivity contribution in [1.82, 2.24) is 5.32 Å².